The van der Waals surface area contributed by atoms with Crippen molar-refractivity contribution in [2.75, 3.05) is 13.7 Å². The fourth-order valence-corrected chi connectivity index (χ4v) is 0.460. The van der Waals surface area contributed by atoms with Crippen LogP contribution < -0.4 is 5.32 Å². The molecule has 0 aliphatic carbocycles. The first kappa shape index (κ1) is 5.15. The highest BCUT2D eigenvalue weighted by Crippen LogP contribution is 1.93. The lowest BCUT2D eigenvalue weighted by Crippen LogP contribution is -2.08. The number of hydrogen-bond donors (Lipinski definition) is 1. The molecule has 0 unspecified atom stereocenters. The van der Waals surface area contributed by atoms with Crippen LogP contribution in [0.25, 0.3) is 0 Å². The molecule has 1 aliphatic heterocycles. The summed E-state index contributed by atoms with van der Waals surface area (Å²) < 4.78 is 4.90. The number of rotatable bonds is 1. The molecule has 0 amide bonds. The molecule has 3 nitrogen and oxygen atoms in total. The molecule has 1 heterocycles. The van der Waals surface area contributed by atoms with Crippen LogP contribution in [0.15, 0.2) is 17.1 Å². The van der Waals surface area contributed by atoms with Crippen LogP contribution in [0.3, 0.4) is 0 Å². The van der Waals surface area contributed by atoms with Gasteiger partial charge in [-0.05, 0) is 0 Å². The van der Waals surface area contributed by atoms with E-state index in [2.05, 4.69) is 10.3 Å². The standard InChI is InChI=1S/C5H8N2O/c1-6-5-4-8-3-2-7-5/h2,4,6H,3H2,1H3. The van der Waals surface area contributed by atoms with E-state index in [4.69, 9.17) is 4.74 Å². The van der Waals surface area contributed by atoms with E-state index in [1.54, 1.807) is 19.5 Å². The maximum atomic E-state index is 4.90. The van der Waals surface area contributed by atoms with Crippen LogP contribution in [0.5, 0.6) is 0 Å². The highest BCUT2D eigenvalue weighted by molar-refractivity contribution is 5.61. The summed E-state index contributed by atoms with van der Waals surface area (Å²) in [5.74, 6) is 0.774. The van der Waals surface area contributed by atoms with Crippen LogP contribution in [0.4, 0.5) is 0 Å². The van der Waals surface area contributed by atoms with Crippen molar-refractivity contribution in [3.63, 3.8) is 0 Å². The highest BCUT2D eigenvalue weighted by atomic mass is 16.5. The van der Waals surface area contributed by atoms with Gasteiger partial charge in [-0.1, -0.05) is 0 Å². The van der Waals surface area contributed by atoms with E-state index in [1.165, 1.54) is 0 Å². The van der Waals surface area contributed by atoms with E-state index >= 15 is 0 Å². The average Bonchev–Trinajstić information content (AvgIpc) is 1.90. The second-order valence-electron chi connectivity index (χ2n) is 1.40. The van der Waals surface area contributed by atoms with Gasteiger partial charge in [-0.15, -0.1) is 0 Å². The summed E-state index contributed by atoms with van der Waals surface area (Å²) in [6.45, 7) is 0.588. The molecule has 0 aromatic carbocycles. The quantitative estimate of drug-likeness (QED) is 0.522. The summed E-state index contributed by atoms with van der Waals surface area (Å²) in [6.07, 6.45) is 3.31. The monoisotopic (exact) mass is 112 g/mol. The van der Waals surface area contributed by atoms with Crippen molar-refractivity contribution in [2.45, 2.75) is 0 Å². The normalized spacial score (nSPS) is 16.9. The van der Waals surface area contributed by atoms with Gasteiger partial charge < -0.3 is 10.1 Å². The summed E-state index contributed by atoms with van der Waals surface area (Å²) in [7, 11) is 1.80. The van der Waals surface area contributed by atoms with E-state index in [0.717, 1.165) is 5.82 Å². The van der Waals surface area contributed by atoms with E-state index in [0.29, 0.717) is 6.61 Å². The first-order valence-electron chi connectivity index (χ1n) is 2.45. The lowest BCUT2D eigenvalue weighted by molar-refractivity contribution is 0.294. The smallest absolute Gasteiger partial charge is 0.160 e. The Balaban J connectivity index is 2.51. The van der Waals surface area contributed by atoms with Gasteiger partial charge in [-0.2, -0.15) is 0 Å². The lowest BCUT2D eigenvalue weighted by atomic mass is 10.6. The van der Waals surface area contributed by atoms with Gasteiger partial charge in [-0.3, -0.25) is 0 Å². The van der Waals surface area contributed by atoms with Crippen molar-refractivity contribution < 1.29 is 4.74 Å². The van der Waals surface area contributed by atoms with Crippen molar-refractivity contribution in [3.8, 4) is 0 Å². The summed E-state index contributed by atoms with van der Waals surface area (Å²) >= 11 is 0. The number of nitrogens with one attached hydrogen (secondary N) is 1. The van der Waals surface area contributed by atoms with Crippen LogP contribution >= 0.6 is 0 Å². The van der Waals surface area contributed by atoms with Gasteiger partial charge in [0.05, 0.1) is 0 Å². The lowest BCUT2D eigenvalue weighted by Gasteiger charge is -2.04. The van der Waals surface area contributed by atoms with Gasteiger partial charge >= 0.3 is 0 Å². The van der Waals surface area contributed by atoms with E-state index < -0.39 is 0 Å². The summed E-state index contributed by atoms with van der Waals surface area (Å²) in [5, 5.41) is 2.84. The predicted octanol–water partition coefficient (Wildman–Crippen LogP) is 0.106. The Bertz CT molecular complexity index is 128. The first-order chi connectivity index (χ1) is 3.93. The van der Waals surface area contributed by atoms with Gasteiger partial charge in [0.25, 0.3) is 0 Å². The molecule has 1 N–H and O–H groups in total. The third-order valence-electron chi connectivity index (χ3n) is 0.852. The van der Waals surface area contributed by atoms with Gasteiger partial charge in [-0.25, -0.2) is 4.99 Å². The fourth-order valence-electron chi connectivity index (χ4n) is 0.460. The van der Waals surface area contributed by atoms with Crippen molar-refractivity contribution >= 4 is 6.21 Å². The molecule has 1 rings (SSSR count). The molecule has 8 heavy (non-hydrogen) atoms. The fraction of sp³-hybridized carbons (Fsp3) is 0.400. The molecule has 0 bridgehead atoms. The second kappa shape index (κ2) is 2.35. The molecule has 0 atom stereocenters. The third-order valence-corrected chi connectivity index (χ3v) is 0.852. The second-order valence-corrected chi connectivity index (χ2v) is 1.40. The van der Waals surface area contributed by atoms with E-state index in [1.807, 2.05) is 0 Å². The molecule has 0 saturated carbocycles. The van der Waals surface area contributed by atoms with Crippen molar-refractivity contribution in [2.24, 2.45) is 4.99 Å². The number of ether oxygens (including phenoxy) is 1. The Hall–Kier alpha value is -0.990. The minimum Gasteiger partial charge on any atom is -0.492 e. The minimum atomic E-state index is 0.588. The molecule has 0 aromatic heterocycles. The third kappa shape index (κ3) is 0.992. The van der Waals surface area contributed by atoms with E-state index in [9.17, 15) is 0 Å². The van der Waals surface area contributed by atoms with Crippen LogP contribution in [-0.2, 0) is 4.74 Å². The molecule has 3 heteroatoms. The molecule has 0 radical (unpaired) electrons. The molecule has 0 aromatic rings. The largest absolute Gasteiger partial charge is 0.492 e. The van der Waals surface area contributed by atoms with Gasteiger partial charge in [0.15, 0.2) is 5.82 Å². The zero-order valence-corrected chi connectivity index (χ0v) is 4.72. The topological polar surface area (TPSA) is 33.6 Å². The van der Waals surface area contributed by atoms with Gasteiger partial charge in [0, 0.05) is 13.3 Å². The first-order valence-corrected chi connectivity index (χ1v) is 2.45. The van der Waals surface area contributed by atoms with Crippen LogP contribution in [0, 0.1) is 0 Å². The maximum Gasteiger partial charge on any atom is 0.160 e. The zero-order chi connectivity index (χ0) is 5.82. The SMILES string of the molecule is CNC1=COCC=N1. The maximum absolute atomic E-state index is 4.90. The number of hydrogen-bond acceptors (Lipinski definition) is 3. The van der Waals surface area contributed by atoms with Crippen molar-refractivity contribution in [1.82, 2.24) is 5.32 Å². The molecule has 0 spiro atoms. The van der Waals surface area contributed by atoms with Crippen molar-refractivity contribution in [1.29, 1.82) is 0 Å². The Kier molecular flexibility index (Phi) is 1.51. The number of aliphatic imine (C=N–C) groups is 1. The zero-order valence-electron chi connectivity index (χ0n) is 4.72. The highest BCUT2D eigenvalue weighted by Gasteiger charge is 1.91. The van der Waals surface area contributed by atoms with Crippen LogP contribution in [0.2, 0.25) is 0 Å². The Morgan fingerprint density at radius 1 is 1.88 bits per heavy atom. The molecular formula is C5H8N2O. The van der Waals surface area contributed by atoms with E-state index in [-0.39, 0.29) is 0 Å². The molecular weight excluding hydrogens is 104 g/mol. The predicted molar refractivity (Wildman–Crippen MR) is 31.6 cm³/mol. The molecule has 1 aliphatic rings. The van der Waals surface area contributed by atoms with Crippen molar-refractivity contribution in [3.05, 3.63) is 12.1 Å². The van der Waals surface area contributed by atoms with Crippen LogP contribution in [0.1, 0.15) is 0 Å². The molecule has 0 fully saturated rings. The van der Waals surface area contributed by atoms with Gasteiger partial charge in [0.2, 0.25) is 0 Å². The Morgan fingerprint density at radius 2 is 2.75 bits per heavy atom. The number of nitrogens with zero attached hydrogens (tertiary/aromatic N) is 1. The van der Waals surface area contributed by atoms with Crippen LogP contribution in [-0.4, -0.2) is 19.9 Å². The average molecular weight is 112 g/mol. The van der Waals surface area contributed by atoms with Gasteiger partial charge in [0.1, 0.15) is 12.9 Å². The Labute approximate surface area is 48.1 Å². The summed E-state index contributed by atoms with van der Waals surface area (Å²) in [5.41, 5.74) is 0. The Morgan fingerprint density at radius 3 is 3.12 bits per heavy atom. The summed E-state index contributed by atoms with van der Waals surface area (Å²) in [4.78, 5) is 3.95. The molecule has 44 valence electrons. The minimum absolute atomic E-state index is 0.588. The summed E-state index contributed by atoms with van der Waals surface area (Å²) in [6, 6.07) is 0. The molecule has 0 saturated heterocycles.